The molecule has 0 bridgehead atoms. The Morgan fingerprint density at radius 3 is 2.19 bits per heavy atom. The molecular weight excluding hydrogens is 422 g/mol. The van der Waals surface area contributed by atoms with Crippen molar-refractivity contribution >= 4 is 27.1 Å². The molecule has 1 heterocycles. The Bertz CT molecular complexity index is 1280. The first-order chi connectivity index (χ1) is 15.2. The second kappa shape index (κ2) is 8.37. The van der Waals surface area contributed by atoms with Crippen molar-refractivity contribution in [2.24, 2.45) is 5.92 Å². The maximum Gasteiger partial charge on any atom is 0.264 e. The molecular formula is C26H25NO4S. The highest BCUT2D eigenvalue weighted by molar-refractivity contribution is 7.92. The zero-order chi connectivity index (χ0) is 23.0. The molecule has 0 aliphatic carbocycles. The molecule has 0 fully saturated rings. The van der Waals surface area contributed by atoms with Crippen molar-refractivity contribution < 1.29 is 18.3 Å². The van der Waals surface area contributed by atoms with E-state index in [4.69, 9.17) is 0 Å². The summed E-state index contributed by atoms with van der Waals surface area (Å²) >= 11 is 0. The fourth-order valence-corrected chi connectivity index (χ4v) is 5.57. The molecule has 0 spiro atoms. The van der Waals surface area contributed by atoms with Crippen molar-refractivity contribution in [1.29, 1.82) is 0 Å². The zero-order valence-corrected chi connectivity index (χ0v) is 18.8. The van der Waals surface area contributed by atoms with Crippen LogP contribution in [0, 0.1) is 12.8 Å². The van der Waals surface area contributed by atoms with Crippen LogP contribution in [0.3, 0.4) is 0 Å². The fourth-order valence-electron chi connectivity index (χ4n) is 4.06. The molecule has 32 heavy (non-hydrogen) atoms. The quantitative estimate of drug-likeness (QED) is 0.572. The molecule has 3 aromatic carbocycles. The third kappa shape index (κ3) is 3.87. The Morgan fingerprint density at radius 2 is 1.56 bits per heavy atom. The summed E-state index contributed by atoms with van der Waals surface area (Å²) in [5.41, 5.74) is 3.94. The van der Waals surface area contributed by atoms with E-state index in [1.165, 1.54) is 11.2 Å². The van der Waals surface area contributed by atoms with E-state index in [2.05, 4.69) is 6.58 Å². The monoisotopic (exact) mass is 447 g/mol. The first-order valence-electron chi connectivity index (χ1n) is 10.4. The van der Waals surface area contributed by atoms with Crippen LogP contribution in [0.4, 0.5) is 5.69 Å². The van der Waals surface area contributed by atoms with Gasteiger partial charge in [-0.1, -0.05) is 66.7 Å². The summed E-state index contributed by atoms with van der Waals surface area (Å²) in [6, 6.07) is 20.7. The number of ketones is 1. The lowest BCUT2D eigenvalue weighted by atomic mass is 9.83. The van der Waals surface area contributed by atoms with Crippen LogP contribution < -0.4 is 4.31 Å². The number of rotatable bonds is 5. The van der Waals surface area contributed by atoms with Gasteiger partial charge in [0, 0.05) is 23.6 Å². The first kappa shape index (κ1) is 22.0. The number of anilines is 1. The van der Waals surface area contributed by atoms with E-state index in [0.29, 0.717) is 22.4 Å². The predicted molar refractivity (Wildman–Crippen MR) is 126 cm³/mol. The number of aliphatic hydroxyl groups is 1. The van der Waals surface area contributed by atoms with Gasteiger partial charge in [-0.2, -0.15) is 0 Å². The number of Topliss-reactive ketones (excluding diaryl/α,β-unsaturated/α-hetero) is 1. The molecule has 0 radical (unpaired) electrons. The normalized spacial score (nSPS) is 18.2. The molecule has 2 unspecified atom stereocenters. The van der Waals surface area contributed by atoms with E-state index in [-0.39, 0.29) is 17.2 Å². The average Bonchev–Trinajstić information content (AvgIpc) is 2.79. The molecule has 2 atom stereocenters. The maximum atomic E-state index is 13.6. The molecule has 0 saturated heterocycles. The van der Waals surface area contributed by atoms with E-state index < -0.39 is 22.0 Å². The molecule has 164 valence electrons. The number of nitrogens with zero attached hydrogens (tertiary/aromatic N) is 1. The van der Waals surface area contributed by atoms with Crippen LogP contribution in [0.1, 0.15) is 40.1 Å². The smallest absolute Gasteiger partial charge is 0.264 e. The van der Waals surface area contributed by atoms with Crippen LogP contribution in [0.5, 0.6) is 0 Å². The SMILES string of the molecule is C=C(c1ccc(C(C)=O)cc1)C1CN(S(=O)(=O)c2ccc(C)cc2)c2ccccc2C1O. The molecule has 0 aromatic heterocycles. The first-order valence-corrected chi connectivity index (χ1v) is 11.8. The lowest BCUT2D eigenvalue weighted by molar-refractivity contribution is 0.101. The van der Waals surface area contributed by atoms with E-state index in [1.54, 1.807) is 72.8 Å². The second-order valence-corrected chi connectivity index (χ2v) is 9.98. The van der Waals surface area contributed by atoms with Gasteiger partial charge in [-0.15, -0.1) is 0 Å². The number of carbonyl (C=O) groups is 1. The minimum atomic E-state index is -3.85. The van der Waals surface area contributed by atoms with Crippen molar-refractivity contribution in [2.75, 3.05) is 10.8 Å². The lowest BCUT2D eigenvalue weighted by Crippen LogP contribution is -2.42. The Labute approximate surface area is 188 Å². The number of hydrogen-bond acceptors (Lipinski definition) is 4. The minimum Gasteiger partial charge on any atom is -0.388 e. The lowest BCUT2D eigenvalue weighted by Gasteiger charge is -2.39. The molecule has 1 aliphatic heterocycles. The Morgan fingerprint density at radius 1 is 0.969 bits per heavy atom. The van der Waals surface area contributed by atoms with Gasteiger partial charge in [-0.05, 0) is 43.2 Å². The van der Waals surface area contributed by atoms with Crippen molar-refractivity contribution in [2.45, 2.75) is 24.8 Å². The van der Waals surface area contributed by atoms with Gasteiger partial charge in [-0.25, -0.2) is 8.42 Å². The van der Waals surface area contributed by atoms with Crippen LogP contribution in [-0.2, 0) is 10.0 Å². The topological polar surface area (TPSA) is 74.7 Å². The van der Waals surface area contributed by atoms with Gasteiger partial charge in [0.15, 0.2) is 5.78 Å². The molecule has 3 aromatic rings. The molecule has 6 heteroatoms. The number of sulfonamides is 1. The van der Waals surface area contributed by atoms with E-state index in [0.717, 1.165) is 11.1 Å². The molecule has 5 nitrogen and oxygen atoms in total. The van der Waals surface area contributed by atoms with Gasteiger partial charge in [-0.3, -0.25) is 9.10 Å². The third-order valence-corrected chi connectivity index (χ3v) is 7.78. The maximum absolute atomic E-state index is 13.6. The second-order valence-electron chi connectivity index (χ2n) is 8.12. The van der Waals surface area contributed by atoms with Gasteiger partial charge in [0.2, 0.25) is 0 Å². The Kier molecular flexibility index (Phi) is 5.75. The van der Waals surface area contributed by atoms with E-state index in [9.17, 15) is 18.3 Å². The highest BCUT2D eigenvalue weighted by Crippen LogP contribution is 2.44. The van der Waals surface area contributed by atoms with E-state index in [1.807, 2.05) is 6.92 Å². The highest BCUT2D eigenvalue weighted by atomic mass is 32.2. The van der Waals surface area contributed by atoms with Gasteiger partial charge in [0.1, 0.15) is 0 Å². The number of aryl methyl sites for hydroxylation is 1. The van der Waals surface area contributed by atoms with Crippen LogP contribution in [0.15, 0.2) is 84.3 Å². The van der Waals surface area contributed by atoms with Crippen molar-refractivity contribution in [3.8, 4) is 0 Å². The number of para-hydroxylation sites is 1. The molecule has 1 aliphatic rings. The number of hydrogen-bond donors (Lipinski definition) is 1. The number of aliphatic hydroxyl groups excluding tert-OH is 1. The summed E-state index contributed by atoms with van der Waals surface area (Å²) in [6.45, 7) is 7.64. The molecule has 0 saturated carbocycles. The minimum absolute atomic E-state index is 0.0378. The van der Waals surface area contributed by atoms with Crippen LogP contribution in [0.2, 0.25) is 0 Å². The summed E-state index contributed by atoms with van der Waals surface area (Å²) < 4.78 is 28.5. The third-order valence-electron chi connectivity index (χ3n) is 5.99. The number of fused-ring (bicyclic) bond motifs is 1. The van der Waals surface area contributed by atoms with Gasteiger partial charge in [0.05, 0.1) is 16.7 Å². The molecule has 4 rings (SSSR count). The highest BCUT2D eigenvalue weighted by Gasteiger charge is 2.39. The Balaban J connectivity index is 1.76. The summed E-state index contributed by atoms with van der Waals surface area (Å²) in [5, 5.41) is 11.1. The summed E-state index contributed by atoms with van der Waals surface area (Å²) in [5.74, 6) is -0.586. The summed E-state index contributed by atoms with van der Waals surface area (Å²) in [4.78, 5) is 11.8. The standard InChI is InChI=1S/C26H25NO4S/c1-17-8-14-22(15-9-17)32(30,31)27-16-24(26(29)23-6-4-5-7-25(23)27)18(2)20-10-12-21(13-11-20)19(3)28/h4-15,24,26,29H,2,16H2,1,3H3. The summed E-state index contributed by atoms with van der Waals surface area (Å²) in [7, 11) is -3.85. The number of benzene rings is 3. The average molecular weight is 448 g/mol. The van der Waals surface area contributed by atoms with Gasteiger partial charge < -0.3 is 5.11 Å². The molecule has 1 N–H and O–H groups in total. The Hall–Kier alpha value is -3.22. The van der Waals surface area contributed by atoms with Crippen LogP contribution >= 0.6 is 0 Å². The molecule has 0 amide bonds. The number of carbonyl (C=O) groups excluding carboxylic acids is 1. The van der Waals surface area contributed by atoms with Gasteiger partial charge in [0.25, 0.3) is 10.0 Å². The predicted octanol–water partition coefficient (Wildman–Crippen LogP) is 4.77. The largest absolute Gasteiger partial charge is 0.388 e. The zero-order valence-electron chi connectivity index (χ0n) is 18.0. The van der Waals surface area contributed by atoms with Crippen LogP contribution in [-0.4, -0.2) is 25.9 Å². The van der Waals surface area contributed by atoms with E-state index >= 15 is 0 Å². The van der Waals surface area contributed by atoms with Gasteiger partial charge >= 0.3 is 0 Å². The van der Waals surface area contributed by atoms with Crippen molar-refractivity contribution in [1.82, 2.24) is 0 Å². The summed E-state index contributed by atoms with van der Waals surface area (Å²) in [6.07, 6.45) is -0.907. The van der Waals surface area contributed by atoms with Crippen LogP contribution in [0.25, 0.3) is 5.57 Å². The fraction of sp³-hybridized carbons (Fsp3) is 0.192. The van der Waals surface area contributed by atoms with Crippen molar-refractivity contribution in [3.63, 3.8) is 0 Å². The van der Waals surface area contributed by atoms with Crippen molar-refractivity contribution in [3.05, 3.63) is 102 Å².